The Morgan fingerprint density at radius 2 is 2.22 bits per heavy atom. The summed E-state index contributed by atoms with van der Waals surface area (Å²) >= 11 is 0. The molecule has 6 heteroatoms. The number of nitrogens with one attached hydrogen (secondary N) is 1. The number of rotatable bonds is 4. The SMILES string of the molecule is C#CCC(Nc1ccc2nccnc2n1)C(=O)O. The third kappa shape index (κ3) is 2.52. The first-order valence-electron chi connectivity index (χ1n) is 5.21. The van der Waals surface area contributed by atoms with E-state index in [1.54, 1.807) is 18.3 Å². The average molecular weight is 242 g/mol. The molecule has 2 aromatic rings. The lowest BCUT2D eigenvalue weighted by molar-refractivity contribution is -0.137. The second kappa shape index (κ2) is 5.10. The standard InChI is InChI=1S/C12H10N4O2/c1-2-3-9(12(17)18)15-10-5-4-8-11(16-10)14-7-6-13-8/h1,4-7,9H,3H2,(H,17,18)(H,14,15,16). The van der Waals surface area contributed by atoms with E-state index in [0.717, 1.165) is 0 Å². The first kappa shape index (κ1) is 11.8. The molecule has 0 radical (unpaired) electrons. The second-order valence-electron chi connectivity index (χ2n) is 3.54. The van der Waals surface area contributed by atoms with Gasteiger partial charge in [-0.2, -0.15) is 0 Å². The van der Waals surface area contributed by atoms with E-state index < -0.39 is 12.0 Å². The summed E-state index contributed by atoms with van der Waals surface area (Å²) in [6.07, 6.45) is 8.28. The number of fused-ring (bicyclic) bond motifs is 1. The Labute approximate surface area is 103 Å². The molecule has 2 heterocycles. The van der Waals surface area contributed by atoms with Crippen LogP contribution < -0.4 is 5.32 Å². The van der Waals surface area contributed by atoms with Crippen LogP contribution in [0.1, 0.15) is 6.42 Å². The highest BCUT2D eigenvalue weighted by molar-refractivity contribution is 5.78. The molecule has 0 spiro atoms. The van der Waals surface area contributed by atoms with Gasteiger partial charge in [-0.05, 0) is 12.1 Å². The Morgan fingerprint density at radius 3 is 2.94 bits per heavy atom. The smallest absolute Gasteiger partial charge is 0.327 e. The molecule has 0 saturated heterocycles. The van der Waals surface area contributed by atoms with Crippen molar-refractivity contribution in [2.75, 3.05) is 5.32 Å². The molecule has 0 aliphatic carbocycles. The summed E-state index contributed by atoms with van der Waals surface area (Å²) in [5, 5.41) is 11.7. The summed E-state index contributed by atoms with van der Waals surface area (Å²) in [6, 6.07) is 2.49. The van der Waals surface area contributed by atoms with Crippen molar-refractivity contribution in [3.05, 3.63) is 24.5 Å². The predicted molar refractivity (Wildman–Crippen MR) is 65.8 cm³/mol. The van der Waals surface area contributed by atoms with Gasteiger partial charge >= 0.3 is 5.97 Å². The molecule has 2 N–H and O–H groups in total. The van der Waals surface area contributed by atoms with E-state index >= 15 is 0 Å². The molecule has 0 bridgehead atoms. The van der Waals surface area contributed by atoms with Crippen LogP contribution in [-0.4, -0.2) is 32.1 Å². The quantitative estimate of drug-likeness (QED) is 0.775. The van der Waals surface area contributed by atoms with Gasteiger partial charge in [-0.1, -0.05) is 0 Å². The van der Waals surface area contributed by atoms with Crippen LogP contribution in [0.2, 0.25) is 0 Å². The average Bonchev–Trinajstić information content (AvgIpc) is 2.38. The second-order valence-corrected chi connectivity index (χ2v) is 3.54. The lowest BCUT2D eigenvalue weighted by Crippen LogP contribution is -2.29. The monoisotopic (exact) mass is 242 g/mol. The van der Waals surface area contributed by atoms with Crippen LogP contribution in [0.5, 0.6) is 0 Å². The number of carboxylic acids is 1. The fourth-order valence-electron chi connectivity index (χ4n) is 1.43. The number of terminal acetylenes is 1. The normalized spacial score (nSPS) is 11.7. The van der Waals surface area contributed by atoms with Crippen molar-refractivity contribution in [2.45, 2.75) is 12.5 Å². The van der Waals surface area contributed by atoms with E-state index in [9.17, 15) is 4.79 Å². The summed E-state index contributed by atoms with van der Waals surface area (Å²) in [5.74, 6) is 1.70. The topological polar surface area (TPSA) is 88.0 Å². The minimum Gasteiger partial charge on any atom is -0.480 e. The third-order valence-corrected chi connectivity index (χ3v) is 2.27. The van der Waals surface area contributed by atoms with Gasteiger partial charge in [0.1, 0.15) is 17.4 Å². The number of aliphatic carboxylic acids is 1. The highest BCUT2D eigenvalue weighted by Crippen LogP contribution is 2.12. The minimum absolute atomic E-state index is 0.0789. The summed E-state index contributed by atoms with van der Waals surface area (Å²) in [4.78, 5) is 23.2. The van der Waals surface area contributed by atoms with Crippen LogP contribution >= 0.6 is 0 Å². The fraction of sp³-hybridized carbons (Fsp3) is 0.167. The van der Waals surface area contributed by atoms with Crippen LogP contribution in [0.4, 0.5) is 5.82 Å². The van der Waals surface area contributed by atoms with Crippen molar-refractivity contribution < 1.29 is 9.90 Å². The van der Waals surface area contributed by atoms with Gasteiger partial charge in [0.15, 0.2) is 5.65 Å². The van der Waals surface area contributed by atoms with Crippen molar-refractivity contribution in [3.63, 3.8) is 0 Å². The van der Waals surface area contributed by atoms with Crippen molar-refractivity contribution >= 4 is 23.0 Å². The van der Waals surface area contributed by atoms with Gasteiger partial charge < -0.3 is 10.4 Å². The van der Waals surface area contributed by atoms with Gasteiger partial charge in [-0.25, -0.2) is 14.8 Å². The summed E-state index contributed by atoms with van der Waals surface area (Å²) in [6.45, 7) is 0. The van der Waals surface area contributed by atoms with Gasteiger partial charge in [0.2, 0.25) is 0 Å². The van der Waals surface area contributed by atoms with Crippen molar-refractivity contribution in [1.29, 1.82) is 0 Å². The highest BCUT2D eigenvalue weighted by atomic mass is 16.4. The zero-order valence-electron chi connectivity index (χ0n) is 9.37. The number of pyridine rings is 1. The van der Waals surface area contributed by atoms with Gasteiger partial charge in [0.25, 0.3) is 0 Å². The first-order valence-corrected chi connectivity index (χ1v) is 5.21. The number of hydrogen-bond donors (Lipinski definition) is 2. The molecule has 0 aromatic carbocycles. The van der Waals surface area contributed by atoms with E-state index in [1.165, 1.54) is 6.20 Å². The maximum Gasteiger partial charge on any atom is 0.327 e. The zero-order chi connectivity index (χ0) is 13.0. The maximum atomic E-state index is 10.9. The van der Waals surface area contributed by atoms with E-state index in [1.807, 2.05) is 0 Å². The minimum atomic E-state index is -1.02. The molecule has 90 valence electrons. The van der Waals surface area contributed by atoms with Gasteiger partial charge in [-0.3, -0.25) is 4.98 Å². The molecule has 1 unspecified atom stereocenters. The van der Waals surface area contributed by atoms with E-state index in [-0.39, 0.29) is 6.42 Å². The zero-order valence-corrected chi connectivity index (χ0v) is 9.37. The van der Waals surface area contributed by atoms with Crippen LogP contribution in [-0.2, 0) is 4.79 Å². The summed E-state index contributed by atoms with van der Waals surface area (Å²) in [5.41, 5.74) is 1.10. The molecular formula is C12H10N4O2. The Bertz CT molecular complexity index is 621. The maximum absolute atomic E-state index is 10.9. The lowest BCUT2D eigenvalue weighted by Gasteiger charge is -2.12. The fourth-order valence-corrected chi connectivity index (χ4v) is 1.43. The Morgan fingerprint density at radius 1 is 1.44 bits per heavy atom. The van der Waals surface area contributed by atoms with E-state index in [2.05, 4.69) is 26.2 Å². The molecule has 0 aliphatic heterocycles. The van der Waals surface area contributed by atoms with Crippen LogP contribution in [0.3, 0.4) is 0 Å². The molecule has 2 rings (SSSR count). The van der Waals surface area contributed by atoms with Crippen LogP contribution in [0.25, 0.3) is 11.2 Å². The number of carbonyl (C=O) groups is 1. The number of nitrogens with zero attached hydrogens (tertiary/aromatic N) is 3. The molecule has 0 fully saturated rings. The molecule has 0 amide bonds. The molecule has 2 aromatic heterocycles. The molecular weight excluding hydrogens is 232 g/mol. The number of hydrogen-bond acceptors (Lipinski definition) is 5. The van der Waals surface area contributed by atoms with Gasteiger partial charge in [0, 0.05) is 18.8 Å². The van der Waals surface area contributed by atoms with E-state index in [0.29, 0.717) is 17.0 Å². The molecule has 0 saturated carbocycles. The van der Waals surface area contributed by atoms with Gasteiger partial charge in [-0.15, -0.1) is 12.3 Å². The van der Waals surface area contributed by atoms with Crippen molar-refractivity contribution in [1.82, 2.24) is 15.0 Å². The Balaban J connectivity index is 2.26. The van der Waals surface area contributed by atoms with Crippen LogP contribution in [0, 0.1) is 12.3 Å². The largest absolute Gasteiger partial charge is 0.480 e. The predicted octanol–water partition coefficient (Wildman–Crippen LogP) is 0.913. The van der Waals surface area contributed by atoms with Crippen molar-refractivity contribution in [2.24, 2.45) is 0 Å². The molecule has 18 heavy (non-hydrogen) atoms. The van der Waals surface area contributed by atoms with Gasteiger partial charge in [0.05, 0.1) is 0 Å². The van der Waals surface area contributed by atoms with E-state index in [4.69, 9.17) is 11.5 Å². The summed E-state index contributed by atoms with van der Waals surface area (Å²) in [7, 11) is 0. The Kier molecular flexibility index (Phi) is 3.34. The number of carboxylic acid groups (broad SMARTS) is 1. The molecule has 0 aliphatic rings. The Hall–Kier alpha value is -2.68. The summed E-state index contributed by atoms with van der Waals surface area (Å²) < 4.78 is 0. The number of anilines is 1. The lowest BCUT2D eigenvalue weighted by atomic mass is 10.2. The highest BCUT2D eigenvalue weighted by Gasteiger charge is 2.16. The molecule has 1 atom stereocenters. The van der Waals surface area contributed by atoms with Crippen LogP contribution in [0.15, 0.2) is 24.5 Å². The first-order chi connectivity index (χ1) is 8.70. The number of aromatic nitrogens is 3. The van der Waals surface area contributed by atoms with Crippen molar-refractivity contribution in [3.8, 4) is 12.3 Å². The molecule has 6 nitrogen and oxygen atoms in total. The third-order valence-electron chi connectivity index (χ3n) is 2.27.